The maximum absolute atomic E-state index is 10.4. The minimum Gasteiger partial charge on any atom is -0.394 e. The van der Waals surface area contributed by atoms with Crippen molar-refractivity contribution in [3.8, 4) is 0 Å². The molecule has 30 heavy (non-hydrogen) atoms. The number of imidazole rings is 1. The number of aliphatic hydroxyl groups excluding tert-OH is 3. The average molecular weight is 409 g/mol. The molecule has 3 aromatic rings. The van der Waals surface area contributed by atoms with Crippen LogP contribution in [0, 0.1) is 0 Å². The molecule has 1 aliphatic carbocycles. The minimum absolute atomic E-state index is 0.192. The molecule has 4 heterocycles. The van der Waals surface area contributed by atoms with Crippen molar-refractivity contribution in [2.24, 2.45) is 0 Å². The van der Waals surface area contributed by atoms with Gasteiger partial charge in [0.25, 0.3) is 0 Å². The van der Waals surface area contributed by atoms with Gasteiger partial charge in [0.2, 0.25) is 0 Å². The highest BCUT2D eigenvalue weighted by atomic mass is 16.6. The zero-order chi connectivity index (χ0) is 20.5. The second-order valence-corrected chi connectivity index (χ2v) is 8.54. The summed E-state index contributed by atoms with van der Waals surface area (Å²) in [6.07, 6.45) is 1.31. The van der Waals surface area contributed by atoms with Gasteiger partial charge < -0.3 is 25.0 Å². The van der Waals surface area contributed by atoms with Gasteiger partial charge in [-0.25, -0.2) is 15.0 Å². The van der Waals surface area contributed by atoms with Crippen LogP contribution >= 0.6 is 0 Å². The fourth-order valence-electron chi connectivity index (χ4n) is 4.98. The molecule has 6 rings (SSSR count). The Balaban J connectivity index is 1.39. The topological polar surface area (TPSA) is 117 Å². The summed E-state index contributed by atoms with van der Waals surface area (Å²) in [4.78, 5) is 15.7. The molecule has 9 heteroatoms. The Morgan fingerprint density at radius 2 is 1.93 bits per heavy atom. The number of benzene rings is 1. The highest BCUT2D eigenvalue weighted by molar-refractivity contribution is 5.83. The minimum atomic E-state index is -1.19. The molecule has 1 spiro atoms. The Bertz CT molecular complexity index is 1110. The third-order valence-electron chi connectivity index (χ3n) is 6.73. The summed E-state index contributed by atoms with van der Waals surface area (Å²) in [5.74, 6) is 0.756. The summed E-state index contributed by atoms with van der Waals surface area (Å²) in [6.45, 7) is 1.26. The number of nitrogens with zero attached hydrogens (tertiary/aromatic N) is 5. The molecular formula is C21H23N5O4. The standard InChI is InChI=1S/C21H23N5O4/c27-8-14-16(28)17(29)20(30-14)26-11-24-15-18(22-10-23-19(15)26)25-7-12-3-1-2-4-13(12)21(9-25)5-6-21/h1-4,10-11,14,16-17,20,27-29H,5-9H2/t14-,16-,17-,20-/m1/s1. The van der Waals surface area contributed by atoms with E-state index in [9.17, 15) is 15.3 Å². The van der Waals surface area contributed by atoms with Crippen LogP contribution in [0.4, 0.5) is 5.82 Å². The molecule has 2 fully saturated rings. The molecule has 1 saturated carbocycles. The zero-order valence-electron chi connectivity index (χ0n) is 16.3. The molecule has 0 unspecified atom stereocenters. The molecule has 2 aromatic heterocycles. The van der Waals surface area contributed by atoms with Crippen molar-refractivity contribution < 1.29 is 20.1 Å². The van der Waals surface area contributed by atoms with E-state index in [0.717, 1.165) is 18.9 Å². The van der Waals surface area contributed by atoms with E-state index in [1.807, 2.05) is 0 Å². The number of fused-ring (bicyclic) bond motifs is 3. The van der Waals surface area contributed by atoms with E-state index in [0.29, 0.717) is 11.2 Å². The summed E-state index contributed by atoms with van der Waals surface area (Å²) in [6, 6.07) is 8.61. The van der Waals surface area contributed by atoms with Crippen molar-refractivity contribution in [3.05, 3.63) is 48.0 Å². The summed E-state index contributed by atoms with van der Waals surface area (Å²) in [7, 11) is 0. The summed E-state index contributed by atoms with van der Waals surface area (Å²) < 4.78 is 7.27. The van der Waals surface area contributed by atoms with Gasteiger partial charge in [0, 0.05) is 18.5 Å². The van der Waals surface area contributed by atoms with Crippen LogP contribution in [-0.2, 0) is 16.7 Å². The van der Waals surface area contributed by atoms with E-state index in [-0.39, 0.29) is 12.0 Å². The third-order valence-corrected chi connectivity index (χ3v) is 6.73. The van der Waals surface area contributed by atoms with E-state index in [4.69, 9.17) is 4.74 Å². The van der Waals surface area contributed by atoms with Crippen molar-refractivity contribution in [3.63, 3.8) is 0 Å². The lowest BCUT2D eigenvalue weighted by Crippen LogP contribution is -2.38. The normalized spacial score (nSPS) is 29.5. The second-order valence-electron chi connectivity index (χ2n) is 8.54. The Labute approximate surface area is 172 Å². The van der Waals surface area contributed by atoms with Gasteiger partial charge in [-0.1, -0.05) is 24.3 Å². The van der Waals surface area contributed by atoms with Crippen molar-refractivity contribution in [1.29, 1.82) is 0 Å². The Morgan fingerprint density at radius 1 is 1.10 bits per heavy atom. The molecule has 3 aliphatic rings. The lowest BCUT2D eigenvalue weighted by molar-refractivity contribution is -0.0511. The average Bonchev–Trinajstić information content (AvgIpc) is 3.30. The number of anilines is 1. The lowest BCUT2D eigenvalue weighted by Gasteiger charge is -2.35. The predicted octanol–water partition coefficient (Wildman–Crippen LogP) is 0.490. The first-order valence-corrected chi connectivity index (χ1v) is 10.2. The number of rotatable bonds is 3. The van der Waals surface area contributed by atoms with Crippen LogP contribution in [0.25, 0.3) is 11.2 Å². The first-order chi connectivity index (χ1) is 14.6. The maximum Gasteiger partial charge on any atom is 0.167 e. The molecule has 0 bridgehead atoms. The Morgan fingerprint density at radius 3 is 2.70 bits per heavy atom. The number of hydrogen-bond donors (Lipinski definition) is 3. The predicted molar refractivity (Wildman–Crippen MR) is 107 cm³/mol. The van der Waals surface area contributed by atoms with Crippen LogP contribution in [0.3, 0.4) is 0 Å². The molecule has 156 valence electrons. The van der Waals surface area contributed by atoms with Gasteiger partial charge in [-0.3, -0.25) is 4.57 Å². The number of hydrogen-bond acceptors (Lipinski definition) is 8. The van der Waals surface area contributed by atoms with Gasteiger partial charge in [0.15, 0.2) is 23.2 Å². The van der Waals surface area contributed by atoms with E-state index in [1.165, 1.54) is 30.3 Å². The van der Waals surface area contributed by atoms with Crippen molar-refractivity contribution in [2.45, 2.75) is 49.3 Å². The van der Waals surface area contributed by atoms with Crippen molar-refractivity contribution in [2.75, 3.05) is 18.1 Å². The van der Waals surface area contributed by atoms with Crippen LogP contribution in [0.2, 0.25) is 0 Å². The summed E-state index contributed by atoms with van der Waals surface area (Å²) in [5, 5.41) is 29.9. The summed E-state index contributed by atoms with van der Waals surface area (Å²) in [5.41, 5.74) is 4.11. The Kier molecular flexibility index (Phi) is 3.91. The van der Waals surface area contributed by atoms with Crippen LogP contribution in [0.1, 0.15) is 30.2 Å². The fourth-order valence-corrected chi connectivity index (χ4v) is 4.98. The smallest absolute Gasteiger partial charge is 0.167 e. The van der Waals surface area contributed by atoms with Gasteiger partial charge in [0.05, 0.1) is 12.9 Å². The molecular weight excluding hydrogens is 386 g/mol. The largest absolute Gasteiger partial charge is 0.394 e. The molecule has 0 radical (unpaired) electrons. The maximum atomic E-state index is 10.4. The van der Waals surface area contributed by atoms with Gasteiger partial charge >= 0.3 is 0 Å². The SMILES string of the molecule is OC[C@H]1O[C@@H](n2cnc3c(N4Cc5ccccc5C5(CC5)C4)ncnc32)[C@H](O)[C@@H]1O. The van der Waals surface area contributed by atoms with Crippen LogP contribution in [-0.4, -0.2) is 66.3 Å². The van der Waals surface area contributed by atoms with Crippen molar-refractivity contribution >= 4 is 17.0 Å². The molecule has 1 saturated heterocycles. The number of aromatic nitrogens is 4. The third kappa shape index (κ3) is 2.53. The molecule has 0 amide bonds. The van der Waals surface area contributed by atoms with Crippen molar-refractivity contribution in [1.82, 2.24) is 19.5 Å². The summed E-state index contributed by atoms with van der Waals surface area (Å²) >= 11 is 0. The zero-order valence-corrected chi connectivity index (χ0v) is 16.3. The van der Waals surface area contributed by atoms with Gasteiger partial charge in [-0.15, -0.1) is 0 Å². The van der Waals surface area contributed by atoms with E-state index < -0.39 is 24.5 Å². The number of ether oxygens (including phenoxy) is 1. The molecule has 1 aromatic carbocycles. The second kappa shape index (κ2) is 6.45. The monoisotopic (exact) mass is 409 g/mol. The lowest BCUT2D eigenvalue weighted by atomic mass is 9.87. The first kappa shape index (κ1) is 18.2. The highest BCUT2D eigenvalue weighted by Gasteiger charge is 2.49. The molecule has 4 atom stereocenters. The fraction of sp³-hybridized carbons (Fsp3) is 0.476. The molecule has 9 nitrogen and oxygen atoms in total. The van der Waals surface area contributed by atoms with E-state index in [1.54, 1.807) is 10.9 Å². The van der Waals surface area contributed by atoms with E-state index >= 15 is 0 Å². The molecule has 2 aliphatic heterocycles. The quantitative estimate of drug-likeness (QED) is 0.572. The van der Waals surface area contributed by atoms with E-state index in [2.05, 4.69) is 44.1 Å². The van der Waals surface area contributed by atoms with Crippen LogP contribution < -0.4 is 4.90 Å². The molecule has 3 N–H and O–H groups in total. The van der Waals surface area contributed by atoms with Gasteiger partial charge in [0.1, 0.15) is 24.6 Å². The number of aliphatic hydroxyl groups is 3. The van der Waals surface area contributed by atoms with Gasteiger partial charge in [-0.05, 0) is 24.0 Å². The Hall–Kier alpha value is -2.59. The first-order valence-electron chi connectivity index (χ1n) is 10.2. The van der Waals surface area contributed by atoms with Crippen LogP contribution in [0.15, 0.2) is 36.9 Å². The highest BCUT2D eigenvalue weighted by Crippen LogP contribution is 2.53. The van der Waals surface area contributed by atoms with Gasteiger partial charge in [-0.2, -0.15) is 0 Å². The van der Waals surface area contributed by atoms with Crippen LogP contribution in [0.5, 0.6) is 0 Å².